The number of aromatic nitrogens is 1. The first-order valence-electron chi connectivity index (χ1n) is 5.46. The molecule has 0 saturated heterocycles. The van der Waals surface area contributed by atoms with Gasteiger partial charge in [0.05, 0.1) is 17.5 Å². The summed E-state index contributed by atoms with van der Waals surface area (Å²) in [5.41, 5.74) is 5.91. The van der Waals surface area contributed by atoms with Gasteiger partial charge in [-0.3, -0.25) is 0 Å². The summed E-state index contributed by atoms with van der Waals surface area (Å²) in [6, 6.07) is 1.77. The molecule has 0 spiro atoms. The second-order valence-electron chi connectivity index (χ2n) is 4.84. The van der Waals surface area contributed by atoms with Crippen molar-refractivity contribution >= 4 is 21.2 Å². The molecule has 1 unspecified atom stereocenters. The maximum absolute atomic E-state index is 11.1. The minimum absolute atomic E-state index is 0.0443. The van der Waals surface area contributed by atoms with Crippen LogP contribution < -0.4 is 5.73 Å². The van der Waals surface area contributed by atoms with Gasteiger partial charge in [0.1, 0.15) is 20.3 Å². The molecule has 1 aromatic heterocycles. The summed E-state index contributed by atoms with van der Waals surface area (Å²) in [5, 5.41) is 11.5. The standard InChI is InChI=1S/C11H17N3O2S2/c1-11(2,7-12)10-14-9(6-17-10)8(13)4-5-18(3,15)16/h6,8H,4-5,13H2,1-3H3. The van der Waals surface area contributed by atoms with Gasteiger partial charge in [-0.05, 0) is 20.3 Å². The Morgan fingerprint density at radius 3 is 2.72 bits per heavy atom. The summed E-state index contributed by atoms with van der Waals surface area (Å²) in [6.07, 6.45) is 1.53. The average molecular weight is 287 g/mol. The predicted octanol–water partition coefficient (Wildman–Crippen LogP) is 1.38. The Balaban J connectivity index is 2.78. The van der Waals surface area contributed by atoms with Gasteiger partial charge >= 0.3 is 0 Å². The van der Waals surface area contributed by atoms with Crippen LogP contribution in [0.4, 0.5) is 0 Å². The Kier molecular flexibility index (Phi) is 4.48. The highest BCUT2D eigenvalue weighted by molar-refractivity contribution is 7.90. The number of nitriles is 1. The minimum atomic E-state index is -3.01. The normalized spacial score (nSPS) is 14.2. The topological polar surface area (TPSA) is 96.8 Å². The Morgan fingerprint density at radius 1 is 1.61 bits per heavy atom. The number of sulfone groups is 1. The molecule has 0 aliphatic rings. The molecule has 0 saturated carbocycles. The molecule has 7 heteroatoms. The summed E-state index contributed by atoms with van der Waals surface area (Å²) in [5.74, 6) is 0.0443. The smallest absolute Gasteiger partial charge is 0.147 e. The molecule has 5 nitrogen and oxygen atoms in total. The van der Waals surface area contributed by atoms with E-state index in [2.05, 4.69) is 11.1 Å². The number of nitrogens with zero attached hydrogens (tertiary/aromatic N) is 2. The van der Waals surface area contributed by atoms with E-state index >= 15 is 0 Å². The summed E-state index contributed by atoms with van der Waals surface area (Å²) < 4.78 is 22.1. The molecule has 0 aliphatic heterocycles. The van der Waals surface area contributed by atoms with E-state index in [9.17, 15) is 8.42 Å². The first-order chi connectivity index (χ1) is 8.15. The summed E-state index contributed by atoms with van der Waals surface area (Å²) in [6.45, 7) is 3.58. The molecule has 1 aromatic rings. The molecule has 100 valence electrons. The van der Waals surface area contributed by atoms with Crippen molar-refractivity contribution in [2.75, 3.05) is 12.0 Å². The molecule has 1 heterocycles. The zero-order valence-corrected chi connectivity index (χ0v) is 12.3. The lowest BCUT2D eigenvalue weighted by Gasteiger charge is -2.11. The Bertz CT molecular complexity index is 555. The van der Waals surface area contributed by atoms with Crippen LogP contribution in [0.25, 0.3) is 0 Å². The maximum atomic E-state index is 11.1. The Hall–Kier alpha value is -0.970. The van der Waals surface area contributed by atoms with E-state index < -0.39 is 21.3 Å². The molecular weight excluding hydrogens is 270 g/mol. The Morgan fingerprint density at radius 2 is 2.22 bits per heavy atom. The van der Waals surface area contributed by atoms with E-state index in [0.29, 0.717) is 17.1 Å². The van der Waals surface area contributed by atoms with Crippen LogP contribution in [-0.2, 0) is 15.3 Å². The van der Waals surface area contributed by atoms with Crippen molar-refractivity contribution in [2.24, 2.45) is 5.73 Å². The SMILES string of the molecule is CC(C)(C#N)c1nc(C(N)CCS(C)(=O)=O)cs1. The number of hydrogen-bond donors (Lipinski definition) is 1. The molecule has 18 heavy (non-hydrogen) atoms. The molecule has 0 aliphatic carbocycles. The summed E-state index contributed by atoms with van der Waals surface area (Å²) >= 11 is 1.38. The second kappa shape index (κ2) is 5.34. The van der Waals surface area contributed by atoms with Crippen molar-refractivity contribution in [3.8, 4) is 6.07 Å². The van der Waals surface area contributed by atoms with Crippen LogP contribution in [0.15, 0.2) is 5.38 Å². The molecule has 0 fully saturated rings. The van der Waals surface area contributed by atoms with Crippen LogP contribution in [0.2, 0.25) is 0 Å². The monoisotopic (exact) mass is 287 g/mol. The molecule has 1 rings (SSSR count). The number of rotatable bonds is 5. The zero-order chi connectivity index (χ0) is 14.0. The highest BCUT2D eigenvalue weighted by Gasteiger charge is 2.25. The highest BCUT2D eigenvalue weighted by atomic mass is 32.2. The van der Waals surface area contributed by atoms with E-state index in [1.54, 1.807) is 19.2 Å². The minimum Gasteiger partial charge on any atom is -0.323 e. The molecular formula is C11H17N3O2S2. The van der Waals surface area contributed by atoms with Gasteiger partial charge in [-0.15, -0.1) is 11.3 Å². The average Bonchev–Trinajstić information content (AvgIpc) is 2.74. The molecule has 1 atom stereocenters. The molecule has 0 radical (unpaired) electrons. The number of thiazole rings is 1. The van der Waals surface area contributed by atoms with Crippen LogP contribution in [0.5, 0.6) is 0 Å². The first-order valence-corrected chi connectivity index (χ1v) is 8.40. The number of nitrogens with two attached hydrogens (primary N) is 1. The van der Waals surface area contributed by atoms with Crippen molar-refractivity contribution in [1.29, 1.82) is 5.26 Å². The van der Waals surface area contributed by atoms with Gasteiger partial charge < -0.3 is 5.73 Å². The lowest BCUT2D eigenvalue weighted by Crippen LogP contribution is -2.17. The molecule has 0 bridgehead atoms. The van der Waals surface area contributed by atoms with Crippen molar-refractivity contribution < 1.29 is 8.42 Å². The third kappa shape index (κ3) is 4.05. The van der Waals surface area contributed by atoms with Gasteiger partial charge in [0, 0.05) is 17.7 Å². The van der Waals surface area contributed by atoms with Crippen LogP contribution >= 0.6 is 11.3 Å². The van der Waals surface area contributed by atoms with Gasteiger partial charge in [0.25, 0.3) is 0 Å². The van der Waals surface area contributed by atoms with Crippen LogP contribution in [0.3, 0.4) is 0 Å². The van der Waals surface area contributed by atoms with Gasteiger partial charge in [0.2, 0.25) is 0 Å². The lowest BCUT2D eigenvalue weighted by atomic mass is 9.97. The quantitative estimate of drug-likeness (QED) is 0.882. The maximum Gasteiger partial charge on any atom is 0.147 e. The third-order valence-electron chi connectivity index (χ3n) is 2.52. The van der Waals surface area contributed by atoms with Crippen LogP contribution in [0.1, 0.15) is 37.0 Å². The number of hydrogen-bond acceptors (Lipinski definition) is 6. The van der Waals surface area contributed by atoms with Gasteiger partial charge in [-0.2, -0.15) is 5.26 Å². The van der Waals surface area contributed by atoms with E-state index in [1.165, 1.54) is 17.6 Å². The van der Waals surface area contributed by atoms with Gasteiger partial charge in [-0.1, -0.05) is 0 Å². The van der Waals surface area contributed by atoms with E-state index in [4.69, 9.17) is 11.0 Å². The van der Waals surface area contributed by atoms with Crippen molar-refractivity contribution in [2.45, 2.75) is 31.7 Å². The van der Waals surface area contributed by atoms with Crippen LogP contribution in [-0.4, -0.2) is 25.4 Å². The molecule has 0 amide bonds. The molecule has 2 N–H and O–H groups in total. The van der Waals surface area contributed by atoms with Crippen molar-refractivity contribution in [3.05, 3.63) is 16.1 Å². The van der Waals surface area contributed by atoms with Gasteiger partial charge in [-0.25, -0.2) is 13.4 Å². The van der Waals surface area contributed by atoms with Gasteiger partial charge in [0.15, 0.2) is 0 Å². The predicted molar refractivity (Wildman–Crippen MR) is 72.0 cm³/mol. The highest BCUT2D eigenvalue weighted by Crippen LogP contribution is 2.27. The fourth-order valence-corrected chi connectivity index (χ4v) is 2.92. The van der Waals surface area contributed by atoms with Crippen molar-refractivity contribution in [1.82, 2.24) is 4.98 Å². The van der Waals surface area contributed by atoms with E-state index in [-0.39, 0.29) is 5.75 Å². The first kappa shape index (κ1) is 15.1. The summed E-state index contributed by atoms with van der Waals surface area (Å²) in [4.78, 5) is 4.33. The fraction of sp³-hybridized carbons (Fsp3) is 0.636. The second-order valence-corrected chi connectivity index (χ2v) is 7.96. The summed E-state index contributed by atoms with van der Waals surface area (Å²) in [7, 11) is -3.01. The Labute approximate surface area is 112 Å². The zero-order valence-electron chi connectivity index (χ0n) is 10.7. The van der Waals surface area contributed by atoms with Crippen molar-refractivity contribution in [3.63, 3.8) is 0 Å². The molecule has 0 aromatic carbocycles. The van der Waals surface area contributed by atoms with Crippen LogP contribution in [0, 0.1) is 11.3 Å². The van der Waals surface area contributed by atoms with E-state index in [1.807, 2.05) is 0 Å². The fourth-order valence-electron chi connectivity index (χ4n) is 1.28. The largest absolute Gasteiger partial charge is 0.323 e. The van der Waals surface area contributed by atoms with E-state index in [0.717, 1.165) is 0 Å². The third-order valence-corrected chi connectivity index (χ3v) is 4.68. The lowest BCUT2D eigenvalue weighted by molar-refractivity contribution is 0.589.